The highest BCUT2D eigenvalue weighted by molar-refractivity contribution is 7.99. The lowest BCUT2D eigenvalue weighted by Gasteiger charge is -2.08. The predicted molar refractivity (Wildman–Crippen MR) is 117 cm³/mol. The molecule has 1 aromatic heterocycles. The Labute approximate surface area is 183 Å². The third-order valence-corrected chi connectivity index (χ3v) is 5.77. The summed E-state index contributed by atoms with van der Waals surface area (Å²) in [4.78, 5) is 23.5. The molecule has 156 valence electrons. The number of halogens is 1. The van der Waals surface area contributed by atoms with Gasteiger partial charge in [-0.05, 0) is 61.9 Å². The Hall–Kier alpha value is -2.84. The Bertz CT molecular complexity index is 1070. The minimum atomic E-state index is -0.173. The van der Waals surface area contributed by atoms with Crippen molar-refractivity contribution in [3.8, 4) is 5.75 Å². The van der Waals surface area contributed by atoms with Gasteiger partial charge in [-0.25, -0.2) is 0 Å². The van der Waals surface area contributed by atoms with Gasteiger partial charge in [0.15, 0.2) is 16.8 Å². The molecule has 2 aromatic carbocycles. The van der Waals surface area contributed by atoms with Gasteiger partial charge in [-0.1, -0.05) is 23.4 Å². The number of nitrogens with one attached hydrogen (secondary N) is 1. The summed E-state index contributed by atoms with van der Waals surface area (Å²) in [6.07, 6.45) is 0. The van der Waals surface area contributed by atoms with Crippen molar-refractivity contribution < 1.29 is 14.3 Å². The van der Waals surface area contributed by atoms with Crippen LogP contribution in [0.2, 0.25) is 5.02 Å². The molecule has 3 aromatic rings. The minimum absolute atomic E-state index is 0.0169. The van der Waals surface area contributed by atoms with Crippen molar-refractivity contribution in [2.45, 2.75) is 25.6 Å². The van der Waals surface area contributed by atoms with E-state index in [1.807, 2.05) is 20.0 Å². The minimum Gasteiger partial charge on any atom is -0.486 e. The Morgan fingerprint density at radius 3 is 2.57 bits per heavy atom. The summed E-state index contributed by atoms with van der Waals surface area (Å²) < 4.78 is 7.55. The van der Waals surface area contributed by atoms with Crippen molar-refractivity contribution in [1.29, 1.82) is 0 Å². The van der Waals surface area contributed by atoms with Gasteiger partial charge in [-0.2, -0.15) is 0 Å². The number of nitrogens with zero attached hydrogens (tertiary/aromatic N) is 3. The van der Waals surface area contributed by atoms with E-state index in [9.17, 15) is 9.59 Å². The summed E-state index contributed by atoms with van der Waals surface area (Å²) in [6.45, 7) is 3.66. The summed E-state index contributed by atoms with van der Waals surface area (Å²) in [5, 5.41) is 12.4. The van der Waals surface area contributed by atoms with Crippen LogP contribution >= 0.6 is 23.4 Å². The summed E-state index contributed by atoms with van der Waals surface area (Å²) in [5.74, 6) is 1.33. The Morgan fingerprint density at radius 1 is 1.17 bits per heavy atom. The van der Waals surface area contributed by atoms with Crippen LogP contribution in [0.3, 0.4) is 0 Å². The molecule has 0 unspecified atom stereocenters. The molecule has 0 bridgehead atoms. The molecule has 1 N–H and O–H groups in total. The number of hydrogen-bond acceptors (Lipinski definition) is 6. The Morgan fingerprint density at radius 2 is 1.90 bits per heavy atom. The number of rotatable bonds is 8. The third kappa shape index (κ3) is 5.61. The molecule has 0 aliphatic rings. The quantitative estimate of drug-likeness (QED) is 0.412. The van der Waals surface area contributed by atoms with Gasteiger partial charge >= 0.3 is 0 Å². The zero-order valence-electron chi connectivity index (χ0n) is 16.8. The molecule has 0 saturated carbocycles. The number of thioether (sulfide) groups is 1. The number of carbonyl (C=O) groups is 2. The van der Waals surface area contributed by atoms with Gasteiger partial charge in [0.2, 0.25) is 5.91 Å². The zero-order chi connectivity index (χ0) is 21.7. The molecule has 1 amide bonds. The summed E-state index contributed by atoms with van der Waals surface area (Å²) in [7, 11) is 1.83. The van der Waals surface area contributed by atoms with Crippen LogP contribution in [-0.4, -0.2) is 32.2 Å². The molecule has 0 aliphatic heterocycles. The van der Waals surface area contributed by atoms with Crippen LogP contribution in [0.25, 0.3) is 0 Å². The van der Waals surface area contributed by atoms with Crippen LogP contribution in [0.4, 0.5) is 5.69 Å². The number of Topliss-reactive ketones (excluding diaryl/α,β-unsaturated/α-hetero) is 1. The lowest BCUT2D eigenvalue weighted by atomic mass is 10.1. The number of hydrogen-bond donors (Lipinski definition) is 1. The standard InChI is InChI=1S/C21H21ClN4O3S/c1-13-10-17(8-9-18(13)22)29-11-19-24-25-21(26(19)3)30-12-20(28)23-16-6-4-15(5-7-16)14(2)27/h4-10H,11-12H2,1-3H3,(H,23,28). The molecular formula is C21H21ClN4O3S. The predicted octanol–water partition coefficient (Wildman–Crippen LogP) is 4.29. The van der Waals surface area contributed by atoms with E-state index in [2.05, 4.69) is 15.5 Å². The number of anilines is 1. The molecule has 7 nitrogen and oxygen atoms in total. The fourth-order valence-electron chi connectivity index (χ4n) is 2.57. The number of ether oxygens (including phenoxy) is 1. The fraction of sp³-hybridized carbons (Fsp3) is 0.238. The van der Waals surface area contributed by atoms with Crippen LogP contribution in [0.5, 0.6) is 5.75 Å². The first-order valence-electron chi connectivity index (χ1n) is 9.14. The molecular weight excluding hydrogens is 424 g/mol. The first-order valence-corrected chi connectivity index (χ1v) is 10.5. The van der Waals surface area contributed by atoms with E-state index >= 15 is 0 Å². The van der Waals surface area contributed by atoms with E-state index in [4.69, 9.17) is 16.3 Å². The van der Waals surface area contributed by atoms with E-state index in [1.165, 1.54) is 18.7 Å². The number of aromatic nitrogens is 3. The number of carbonyl (C=O) groups excluding carboxylic acids is 2. The van der Waals surface area contributed by atoms with Gasteiger partial charge in [-0.15, -0.1) is 10.2 Å². The molecule has 9 heteroatoms. The van der Waals surface area contributed by atoms with E-state index in [1.54, 1.807) is 41.0 Å². The van der Waals surface area contributed by atoms with E-state index in [0.717, 1.165) is 5.56 Å². The van der Waals surface area contributed by atoms with Crippen LogP contribution in [0, 0.1) is 6.92 Å². The number of ketones is 1. The number of amides is 1. The first kappa shape index (κ1) is 21.9. The lowest BCUT2D eigenvalue weighted by molar-refractivity contribution is -0.113. The average Bonchev–Trinajstić information content (AvgIpc) is 3.07. The smallest absolute Gasteiger partial charge is 0.234 e. The van der Waals surface area contributed by atoms with E-state index < -0.39 is 0 Å². The maximum absolute atomic E-state index is 12.2. The maximum Gasteiger partial charge on any atom is 0.234 e. The highest BCUT2D eigenvalue weighted by atomic mass is 35.5. The van der Waals surface area contributed by atoms with Crippen molar-refractivity contribution >= 4 is 40.7 Å². The summed E-state index contributed by atoms with van der Waals surface area (Å²) in [6, 6.07) is 12.2. The van der Waals surface area contributed by atoms with Crippen molar-refractivity contribution in [1.82, 2.24) is 14.8 Å². The van der Waals surface area contributed by atoms with Gasteiger partial charge in [0.25, 0.3) is 0 Å². The highest BCUT2D eigenvalue weighted by Crippen LogP contribution is 2.22. The maximum atomic E-state index is 12.2. The van der Waals surface area contributed by atoms with Crippen molar-refractivity contribution in [2.24, 2.45) is 7.05 Å². The van der Waals surface area contributed by atoms with Crippen LogP contribution in [0.15, 0.2) is 47.6 Å². The number of aryl methyl sites for hydroxylation is 1. The van der Waals surface area contributed by atoms with E-state index in [-0.39, 0.29) is 24.1 Å². The molecule has 0 radical (unpaired) electrons. The molecule has 0 spiro atoms. The van der Waals surface area contributed by atoms with Crippen molar-refractivity contribution in [3.63, 3.8) is 0 Å². The molecule has 30 heavy (non-hydrogen) atoms. The number of benzene rings is 2. The molecule has 0 fully saturated rings. The SMILES string of the molecule is CC(=O)c1ccc(NC(=O)CSc2nnc(COc3ccc(Cl)c(C)c3)n2C)cc1. The Balaban J connectivity index is 1.52. The Kier molecular flexibility index (Phi) is 7.12. The fourth-order valence-corrected chi connectivity index (χ4v) is 3.41. The second kappa shape index (κ2) is 9.77. The monoisotopic (exact) mass is 444 g/mol. The summed E-state index contributed by atoms with van der Waals surface area (Å²) in [5.41, 5.74) is 2.17. The first-order chi connectivity index (χ1) is 14.3. The van der Waals surface area contributed by atoms with Gasteiger partial charge in [0.05, 0.1) is 5.75 Å². The van der Waals surface area contributed by atoms with Crippen molar-refractivity contribution in [3.05, 3.63) is 64.4 Å². The second-order valence-corrected chi connectivity index (χ2v) is 7.98. The molecule has 1 heterocycles. The van der Waals surface area contributed by atoms with Gasteiger partial charge in [0, 0.05) is 23.3 Å². The molecule has 3 rings (SSSR count). The lowest BCUT2D eigenvalue weighted by Crippen LogP contribution is -2.14. The van der Waals surface area contributed by atoms with Crippen LogP contribution in [-0.2, 0) is 18.4 Å². The second-order valence-electron chi connectivity index (χ2n) is 6.63. The van der Waals surface area contributed by atoms with Gasteiger partial charge in [0.1, 0.15) is 12.4 Å². The van der Waals surface area contributed by atoms with E-state index in [0.29, 0.717) is 33.0 Å². The largest absolute Gasteiger partial charge is 0.486 e. The average molecular weight is 445 g/mol. The van der Waals surface area contributed by atoms with Crippen LogP contribution < -0.4 is 10.1 Å². The third-order valence-electron chi connectivity index (χ3n) is 4.33. The summed E-state index contributed by atoms with van der Waals surface area (Å²) >= 11 is 7.31. The van der Waals surface area contributed by atoms with Crippen molar-refractivity contribution in [2.75, 3.05) is 11.1 Å². The highest BCUT2D eigenvalue weighted by Gasteiger charge is 2.12. The molecule has 0 saturated heterocycles. The molecule has 0 aliphatic carbocycles. The van der Waals surface area contributed by atoms with Gasteiger partial charge in [-0.3, -0.25) is 9.59 Å². The van der Waals surface area contributed by atoms with Crippen LogP contribution in [0.1, 0.15) is 28.7 Å². The van der Waals surface area contributed by atoms with Gasteiger partial charge < -0.3 is 14.6 Å². The normalized spacial score (nSPS) is 10.7. The zero-order valence-corrected chi connectivity index (χ0v) is 18.4. The molecule has 0 atom stereocenters. The topological polar surface area (TPSA) is 86.1 Å².